The predicted molar refractivity (Wildman–Crippen MR) is 124 cm³/mol. The van der Waals surface area contributed by atoms with Gasteiger partial charge in [0.25, 0.3) is 0 Å². The number of carbonyl (C=O) groups excluding carboxylic acids is 1. The molecule has 1 aromatic heterocycles. The van der Waals surface area contributed by atoms with Gasteiger partial charge in [-0.3, -0.25) is 4.79 Å². The summed E-state index contributed by atoms with van der Waals surface area (Å²) in [6, 6.07) is 6.34. The van der Waals surface area contributed by atoms with E-state index in [0.717, 1.165) is 19.4 Å². The third kappa shape index (κ3) is 9.52. The zero-order valence-corrected chi connectivity index (χ0v) is 19.4. The van der Waals surface area contributed by atoms with E-state index in [1.807, 2.05) is 13.8 Å². The second-order valence-corrected chi connectivity index (χ2v) is 7.80. The van der Waals surface area contributed by atoms with Crippen LogP contribution in [0, 0.1) is 5.92 Å². The number of Topliss-reactive ketones (excluding diaryl/α,β-unsaturated/α-hetero) is 1. The first kappa shape index (κ1) is 26.4. The summed E-state index contributed by atoms with van der Waals surface area (Å²) in [5.74, 6) is 0.604. The minimum Gasteiger partial charge on any atom is -0.361 e. The van der Waals surface area contributed by atoms with E-state index in [1.165, 1.54) is 41.8 Å². The summed E-state index contributed by atoms with van der Waals surface area (Å²) in [6.45, 7) is 13.0. The molecule has 0 amide bonds. The van der Waals surface area contributed by atoms with E-state index in [0.29, 0.717) is 5.92 Å². The molecule has 0 aliphatic rings. The predicted octanol–water partition coefficient (Wildman–Crippen LogP) is 5.20. The van der Waals surface area contributed by atoms with Gasteiger partial charge in [-0.2, -0.15) is 0 Å². The average Bonchev–Trinajstić information content (AvgIpc) is 3.06. The number of fused-ring (bicyclic) bond motifs is 1. The van der Waals surface area contributed by atoms with Gasteiger partial charge < -0.3 is 15.6 Å². The van der Waals surface area contributed by atoms with Crippen molar-refractivity contribution in [1.29, 1.82) is 0 Å². The molecule has 28 heavy (non-hydrogen) atoms. The van der Waals surface area contributed by atoms with Gasteiger partial charge in [-0.05, 0) is 63.4 Å². The van der Waals surface area contributed by atoms with E-state index in [2.05, 4.69) is 69.1 Å². The van der Waals surface area contributed by atoms with Crippen LogP contribution in [0.15, 0.2) is 24.4 Å². The number of carbonyl (C=O) groups is 1. The average molecular weight is 390 g/mol. The number of ketones is 1. The maximum atomic E-state index is 10.6. The van der Waals surface area contributed by atoms with Crippen molar-refractivity contribution in [3.8, 4) is 0 Å². The molecule has 2 rings (SSSR count). The van der Waals surface area contributed by atoms with E-state index in [4.69, 9.17) is 5.73 Å². The molecule has 3 N–H and O–H groups in total. The van der Waals surface area contributed by atoms with Crippen LogP contribution in [0.5, 0.6) is 0 Å². The summed E-state index contributed by atoms with van der Waals surface area (Å²) >= 11 is 0. The number of nitrogens with one attached hydrogen (secondary N) is 1. The molecule has 0 bridgehead atoms. The molecule has 2 aromatic rings. The Morgan fingerprint density at radius 1 is 1.14 bits per heavy atom. The number of likely N-dealkylation sites (N-methyl/N-ethyl adjacent to an activating group) is 1. The molecule has 4 nitrogen and oxygen atoms in total. The fourth-order valence-corrected chi connectivity index (χ4v) is 3.03. The number of nitrogens with zero attached hydrogens (tertiary/aromatic N) is 1. The van der Waals surface area contributed by atoms with Crippen molar-refractivity contribution in [2.24, 2.45) is 11.7 Å². The smallest absolute Gasteiger partial charge is 0.146 e. The summed E-state index contributed by atoms with van der Waals surface area (Å²) in [5, 5.41) is 1.45. The number of H-pyrrole nitrogens is 1. The summed E-state index contributed by atoms with van der Waals surface area (Å²) in [4.78, 5) is 16.2. The van der Waals surface area contributed by atoms with Gasteiger partial charge in [0.15, 0.2) is 0 Å². The highest BCUT2D eigenvalue weighted by atomic mass is 16.1. The standard InChI is InChI=1S/C15H22N2.C7H15NO.C2H6/c1-4-6-12-7-5-8-14-15(12)13(11-16-14)9-10-17(2)3;1-5(2)4-7(8)6(3)9;1-2/h5,7-8,11,16H,4,6,9-10H2,1-3H3;5,7H,4,8H2,1-3H3;1-2H3. The molecule has 1 unspecified atom stereocenters. The van der Waals surface area contributed by atoms with E-state index in [9.17, 15) is 4.79 Å². The number of hydrogen-bond acceptors (Lipinski definition) is 3. The van der Waals surface area contributed by atoms with Gasteiger partial charge in [0.2, 0.25) is 0 Å². The zero-order chi connectivity index (χ0) is 21.7. The lowest BCUT2D eigenvalue weighted by Gasteiger charge is -2.09. The van der Waals surface area contributed by atoms with Crippen molar-refractivity contribution in [3.63, 3.8) is 0 Å². The SMILES string of the molecule is CC.CC(=O)C(N)CC(C)C.CCCc1cccc2[nH]cc(CCN(C)C)c12. The number of rotatable bonds is 8. The lowest BCUT2D eigenvalue weighted by atomic mass is 10.0. The van der Waals surface area contributed by atoms with Crippen LogP contribution in [-0.2, 0) is 17.6 Å². The minimum atomic E-state index is -0.245. The molecule has 0 saturated carbocycles. The molecular weight excluding hydrogens is 346 g/mol. The zero-order valence-electron chi connectivity index (χ0n) is 19.4. The second-order valence-electron chi connectivity index (χ2n) is 7.80. The van der Waals surface area contributed by atoms with E-state index in [1.54, 1.807) is 0 Å². The third-order valence-electron chi connectivity index (χ3n) is 4.47. The van der Waals surface area contributed by atoms with Gasteiger partial charge in [0.05, 0.1) is 6.04 Å². The molecule has 0 fully saturated rings. The normalized spacial score (nSPS) is 11.7. The Labute approximate surface area is 172 Å². The summed E-state index contributed by atoms with van der Waals surface area (Å²) in [7, 11) is 4.25. The largest absolute Gasteiger partial charge is 0.361 e. The van der Waals surface area contributed by atoms with Crippen LogP contribution in [0.1, 0.15) is 65.5 Å². The minimum absolute atomic E-state index is 0.0868. The van der Waals surface area contributed by atoms with Gasteiger partial charge in [-0.15, -0.1) is 0 Å². The Kier molecular flexibility index (Phi) is 13.5. The van der Waals surface area contributed by atoms with Gasteiger partial charge in [0, 0.05) is 23.6 Å². The van der Waals surface area contributed by atoms with Crippen LogP contribution in [-0.4, -0.2) is 42.3 Å². The monoisotopic (exact) mass is 389 g/mol. The van der Waals surface area contributed by atoms with Gasteiger partial charge in [-0.1, -0.05) is 53.2 Å². The second kappa shape index (κ2) is 14.4. The van der Waals surface area contributed by atoms with E-state index < -0.39 is 0 Å². The first-order valence-electron chi connectivity index (χ1n) is 10.7. The lowest BCUT2D eigenvalue weighted by Crippen LogP contribution is -2.29. The Balaban J connectivity index is 0.000000566. The van der Waals surface area contributed by atoms with Crippen LogP contribution >= 0.6 is 0 Å². The van der Waals surface area contributed by atoms with E-state index >= 15 is 0 Å². The van der Waals surface area contributed by atoms with Crippen molar-refractivity contribution in [2.45, 2.75) is 73.3 Å². The highest BCUT2D eigenvalue weighted by Gasteiger charge is 2.09. The van der Waals surface area contributed by atoms with Crippen molar-refractivity contribution >= 4 is 16.7 Å². The van der Waals surface area contributed by atoms with Crippen molar-refractivity contribution in [3.05, 3.63) is 35.5 Å². The molecule has 1 aromatic carbocycles. The first-order chi connectivity index (χ1) is 13.3. The Hall–Kier alpha value is -1.65. The van der Waals surface area contributed by atoms with Crippen LogP contribution in [0.25, 0.3) is 10.9 Å². The third-order valence-corrected chi connectivity index (χ3v) is 4.47. The van der Waals surface area contributed by atoms with Crippen LogP contribution in [0.3, 0.4) is 0 Å². The fraction of sp³-hybridized carbons (Fsp3) is 0.625. The number of aromatic nitrogens is 1. The van der Waals surface area contributed by atoms with Gasteiger partial charge >= 0.3 is 0 Å². The fourth-order valence-electron chi connectivity index (χ4n) is 3.03. The van der Waals surface area contributed by atoms with Gasteiger partial charge in [0.1, 0.15) is 5.78 Å². The Morgan fingerprint density at radius 2 is 1.79 bits per heavy atom. The summed E-state index contributed by atoms with van der Waals surface area (Å²) in [5.41, 5.74) is 9.69. The number of nitrogens with two attached hydrogens (primary N) is 1. The van der Waals surface area contributed by atoms with Crippen LogP contribution < -0.4 is 5.73 Å². The molecule has 0 spiro atoms. The molecule has 1 atom stereocenters. The molecule has 0 aliphatic carbocycles. The van der Waals surface area contributed by atoms with Crippen LogP contribution in [0.4, 0.5) is 0 Å². The topological polar surface area (TPSA) is 62.1 Å². The Bertz CT molecular complexity index is 674. The number of aryl methyl sites for hydroxylation is 1. The number of benzene rings is 1. The highest BCUT2D eigenvalue weighted by molar-refractivity contribution is 5.86. The van der Waals surface area contributed by atoms with Crippen molar-refractivity contribution < 1.29 is 4.79 Å². The molecule has 0 radical (unpaired) electrons. The quantitative estimate of drug-likeness (QED) is 0.652. The molecule has 0 saturated heterocycles. The molecule has 160 valence electrons. The van der Waals surface area contributed by atoms with Gasteiger partial charge in [-0.25, -0.2) is 0 Å². The maximum Gasteiger partial charge on any atom is 0.146 e. The number of hydrogen-bond donors (Lipinski definition) is 2. The molecule has 1 heterocycles. The molecule has 0 aliphatic heterocycles. The lowest BCUT2D eigenvalue weighted by molar-refractivity contribution is -0.118. The maximum absolute atomic E-state index is 10.6. The molecular formula is C24H43N3O. The van der Waals surface area contributed by atoms with Crippen molar-refractivity contribution in [1.82, 2.24) is 9.88 Å². The van der Waals surface area contributed by atoms with E-state index in [-0.39, 0.29) is 11.8 Å². The highest BCUT2D eigenvalue weighted by Crippen LogP contribution is 2.24. The molecule has 4 heteroatoms. The van der Waals surface area contributed by atoms with Crippen LogP contribution in [0.2, 0.25) is 0 Å². The first-order valence-corrected chi connectivity index (χ1v) is 10.7. The summed E-state index contributed by atoms with van der Waals surface area (Å²) in [6.07, 6.45) is 6.47. The van der Waals surface area contributed by atoms with Crippen molar-refractivity contribution in [2.75, 3.05) is 20.6 Å². The number of aromatic amines is 1. The Morgan fingerprint density at radius 3 is 2.25 bits per heavy atom. The summed E-state index contributed by atoms with van der Waals surface area (Å²) < 4.78 is 0.